The Balaban J connectivity index is 1.46. The van der Waals surface area contributed by atoms with Crippen molar-refractivity contribution in [2.24, 2.45) is 0 Å². The zero-order valence-electron chi connectivity index (χ0n) is 14.7. The van der Waals surface area contributed by atoms with Gasteiger partial charge >= 0.3 is 0 Å². The number of benzene rings is 1. The topological polar surface area (TPSA) is 82.6 Å². The lowest BCUT2D eigenvalue weighted by molar-refractivity contribution is -0.131. The van der Waals surface area contributed by atoms with Crippen molar-refractivity contribution in [1.29, 1.82) is 0 Å². The molecule has 2 aromatic rings. The second-order valence-corrected chi connectivity index (χ2v) is 8.38. The third-order valence-corrected chi connectivity index (χ3v) is 6.09. The minimum absolute atomic E-state index is 0.0538. The molecule has 0 radical (unpaired) electrons. The normalized spacial score (nSPS) is 15.0. The third-order valence-electron chi connectivity index (χ3n) is 4.40. The van der Waals surface area contributed by atoms with Crippen LogP contribution >= 0.6 is 11.6 Å². The van der Waals surface area contributed by atoms with Crippen LogP contribution in [0.1, 0.15) is 6.42 Å². The van der Waals surface area contributed by atoms with Crippen LogP contribution in [0.2, 0.25) is 5.02 Å². The molecule has 1 amide bonds. The maximum atomic E-state index is 12.4. The minimum atomic E-state index is -3.67. The quantitative estimate of drug-likeness (QED) is 0.787. The Labute approximate surface area is 164 Å². The Morgan fingerprint density at radius 3 is 2.48 bits per heavy atom. The van der Waals surface area contributed by atoms with Crippen molar-refractivity contribution in [2.45, 2.75) is 11.3 Å². The van der Waals surface area contributed by atoms with E-state index in [1.54, 1.807) is 29.4 Å². The van der Waals surface area contributed by atoms with Gasteiger partial charge in [-0.15, -0.1) is 0 Å². The summed E-state index contributed by atoms with van der Waals surface area (Å²) in [5, 5.41) is 0.348. The number of nitrogens with one attached hydrogen (secondary N) is 1. The first-order valence-corrected chi connectivity index (χ1v) is 10.5. The Hall–Kier alpha value is -2.16. The van der Waals surface area contributed by atoms with Crippen LogP contribution in [-0.2, 0) is 14.8 Å². The van der Waals surface area contributed by atoms with Crippen LogP contribution in [0.4, 0.5) is 5.69 Å². The van der Waals surface area contributed by atoms with Crippen LogP contribution in [0.15, 0.2) is 53.7 Å². The van der Waals surface area contributed by atoms with Gasteiger partial charge in [0.05, 0.1) is 4.90 Å². The highest BCUT2D eigenvalue weighted by atomic mass is 35.5. The van der Waals surface area contributed by atoms with E-state index in [-0.39, 0.29) is 23.8 Å². The maximum Gasteiger partial charge on any atom is 0.240 e. The van der Waals surface area contributed by atoms with Crippen molar-refractivity contribution < 1.29 is 13.2 Å². The van der Waals surface area contributed by atoms with E-state index in [2.05, 4.69) is 14.6 Å². The van der Waals surface area contributed by atoms with Gasteiger partial charge in [-0.3, -0.25) is 9.78 Å². The molecule has 1 N–H and O–H groups in total. The number of carbonyl (C=O) groups is 1. The van der Waals surface area contributed by atoms with E-state index in [0.717, 1.165) is 18.8 Å². The summed E-state index contributed by atoms with van der Waals surface area (Å²) in [6.45, 7) is 2.76. The van der Waals surface area contributed by atoms with E-state index < -0.39 is 10.0 Å². The zero-order chi connectivity index (χ0) is 19.3. The number of amides is 1. The Morgan fingerprint density at radius 2 is 1.81 bits per heavy atom. The molecule has 1 saturated heterocycles. The number of pyridine rings is 1. The highest BCUT2D eigenvalue weighted by Crippen LogP contribution is 2.16. The van der Waals surface area contributed by atoms with E-state index in [9.17, 15) is 13.2 Å². The molecule has 9 heteroatoms. The summed E-state index contributed by atoms with van der Waals surface area (Å²) >= 11 is 5.83. The molecule has 0 atom stereocenters. The van der Waals surface area contributed by atoms with Gasteiger partial charge in [0.2, 0.25) is 15.9 Å². The average molecular weight is 409 g/mol. The summed E-state index contributed by atoms with van der Waals surface area (Å²) in [6.07, 6.45) is 3.62. The van der Waals surface area contributed by atoms with Crippen molar-refractivity contribution in [1.82, 2.24) is 14.6 Å². The van der Waals surface area contributed by atoms with E-state index in [1.165, 1.54) is 12.1 Å². The predicted octanol–water partition coefficient (Wildman–Crippen LogP) is 1.75. The van der Waals surface area contributed by atoms with E-state index in [0.29, 0.717) is 18.1 Å². The number of anilines is 1. The van der Waals surface area contributed by atoms with Crippen molar-refractivity contribution in [3.63, 3.8) is 0 Å². The zero-order valence-corrected chi connectivity index (χ0v) is 16.3. The Kier molecular flexibility index (Phi) is 6.30. The second-order valence-electron chi connectivity index (χ2n) is 6.18. The maximum absolute atomic E-state index is 12.4. The summed E-state index contributed by atoms with van der Waals surface area (Å²) in [4.78, 5) is 20.4. The molecule has 0 saturated carbocycles. The molecule has 1 aromatic carbocycles. The van der Waals surface area contributed by atoms with Crippen LogP contribution in [0.25, 0.3) is 0 Å². The fourth-order valence-corrected chi connectivity index (χ4v) is 4.27. The first-order valence-electron chi connectivity index (χ1n) is 8.64. The van der Waals surface area contributed by atoms with Crippen LogP contribution < -0.4 is 9.62 Å². The Bertz CT molecular complexity index is 884. The molecule has 2 heterocycles. The van der Waals surface area contributed by atoms with Gasteiger partial charge in [-0.1, -0.05) is 17.7 Å². The molecule has 1 aliphatic heterocycles. The molecule has 1 aliphatic rings. The number of nitrogens with zero attached hydrogens (tertiary/aromatic N) is 3. The number of sulfonamides is 1. The van der Waals surface area contributed by atoms with Crippen molar-refractivity contribution in [3.8, 4) is 0 Å². The average Bonchev–Trinajstić information content (AvgIpc) is 2.68. The summed E-state index contributed by atoms with van der Waals surface area (Å²) in [7, 11) is -3.67. The van der Waals surface area contributed by atoms with Crippen molar-refractivity contribution in [3.05, 3.63) is 53.8 Å². The Morgan fingerprint density at radius 1 is 1.11 bits per heavy atom. The summed E-state index contributed by atoms with van der Waals surface area (Å²) in [5.41, 5.74) is 1.09. The van der Waals surface area contributed by atoms with Crippen LogP contribution in [0, 0.1) is 0 Å². The molecular formula is C18H21ClN4O3S. The first kappa shape index (κ1) is 19.6. The number of hydrogen-bond acceptors (Lipinski definition) is 5. The van der Waals surface area contributed by atoms with Gasteiger partial charge in [0.1, 0.15) is 0 Å². The molecule has 1 aromatic heterocycles. The van der Waals surface area contributed by atoms with Gasteiger partial charge in [0.15, 0.2) is 0 Å². The summed E-state index contributed by atoms with van der Waals surface area (Å²) in [5.74, 6) is -0.0572. The SMILES string of the molecule is O=C(CCNS(=O)(=O)c1cccc(Cl)c1)N1CCN(c2ccncc2)CC1. The van der Waals surface area contributed by atoms with E-state index in [4.69, 9.17) is 11.6 Å². The number of hydrogen-bond donors (Lipinski definition) is 1. The van der Waals surface area contributed by atoms with Gasteiger partial charge in [-0.2, -0.15) is 0 Å². The number of carbonyl (C=O) groups excluding carboxylic acids is 1. The smallest absolute Gasteiger partial charge is 0.240 e. The van der Waals surface area contributed by atoms with E-state index in [1.807, 2.05) is 12.1 Å². The standard InChI is InChI=1S/C18H21ClN4O3S/c19-15-2-1-3-17(14-15)27(25,26)21-9-6-18(24)23-12-10-22(11-13-23)16-4-7-20-8-5-16/h1-5,7-8,14,21H,6,9-13H2. The molecule has 0 bridgehead atoms. The number of halogens is 1. The van der Waals surface area contributed by atoms with Gasteiger partial charge in [-0.25, -0.2) is 13.1 Å². The monoisotopic (exact) mass is 408 g/mol. The fraction of sp³-hybridized carbons (Fsp3) is 0.333. The second kappa shape index (κ2) is 8.69. The first-order chi connectivity index (χ1) is 13.0. The molecule has 3 rings (SSSR count). The lowest BCUT2D eigenvalue weighted by Crippen LogP contribution is -2.49. The predicted molar refractivity (Wildman–Crippen MR) is 104 cm³/mol. The van der Waals surface area contributed by atoms with Crippen LogP contribution in [0.5, 0.6) is 0 Å². The third kappa shape index (κ3) is 5.18. The largest absolute Gasteiger partial charge is 0.368 e. The van der Waals surface area contributed by atoms with Crippen molar-refractivity contribution in [2.75, 3.05) is 37.6 Å². The van der Waals surface area contributed by atoms with Gasteiger partial charge in [-0.05, 0) is 30.3 Å². The van der Waals surface area contributed by atoms with Gasteiger partial charge < -0.3 is 9.80 Å². The molecule has 27 heavy (non-hydrogen) atoms. The molecule has 1 fully saturated rings. The van der Waals surface area contributed by atoms with Gasteiger partial charge in [0.25, 0.3) is 0 Å². The summed E-state index contributed by atoms with van der Waals surface area (Å²) < 4.78 is 26.9. The highest BCUT2D eigenvalue weighted by Gasteiger charge is 2.22. The van der Waals surface area contributed by atoms with Gasteiger partial charge in [0, 0.05) is 62.2 Å². The molecule has 144 valence electrons. The number of piperazine rings is 1. The molecule has 0 aliphatic carbocycles. The van der Waals surface area contributed by atoms with E-state index >= 15 is 0 Å². The fourth-order valence-electron chi connectivity index (χ4n) is 2.94. The van der Waals surface area contributed by atoms with Crippen LogP contribution in [-0.4, -0.2) is 56.9 Å². The molecule has 0 unspecified atom stereocenters. The number of aromatic nitrogens is 1. The lowest BCUT2D eigenvalue weighted by Gasteiger charge is -2.36. The minimum Gasteiger partial charge on any atom is -0.368 e. The number of rotatable bonds is 6. The molecular weight excluding hydrogens is 388 g/mol. The molecule has 0 spiro atoms. The van der Waals surface area contributed by atoms with Crippen molar-refractivity contribution >= 4 is 33.2 Å². The summed E-state index contributed by atoms with van der Waals surface area (Å²) in [6, 6.07) is 9.92. The lowest BCUT2D eigenvalue weighted by atomic mass is 10.2. The highest BCUT2D eigenvalue weighted by molar-refractivity contribution is 7.89. The van der Waals surface area contributed by atoms with Crippen LogP contribution in [0.3, 0.4) is 0 Å². The molecule has 7 nitrogen and oxygen atoms in total.